The quantitative estimate of drug-likeness (QED) is 0.793. The third-order valence-corrected chi connectivity index (χ3v) is 4.93. The lowest BCUT2D eigenvalue weighted by Gasteiger charge is -2.39. The van der Waals surface area contributed by atoms with Crippen molar-refractivity contribution in [3.05, 3.63) is 48.0 Å². The molecule has 1 aliphatic rings. The molecule has 2 aromatic rings. The molecule has 1 aliphatic heterocycles. The smallest absolute Gasteiger partial charge is 0.258 e. The van der Waals surface area contributed by atoms with Gasteiger partial charge in [0.25, 0.3) is 5.91 Å². The van der Waals surface area contributed by atoms with Crippen LogP contribution in [0.15, 0.2) is 42.5 Å². The first-order valence-corrected chi connectivity index (χ1v) is 8.99. The molecule has 148 valence electrons. The molecular weight excluding hydrogens is 360 g/mol. The van der Waals surface area contributed by atoms with E-state index in [4.69, 9.17) is 14.2 Å². The van der Waals surface area contributed by atoms with Crippen LogP contribution in [0.4, 0.5) is 5.69 Å². The van der Waals surface area contributed by atoms with Gasteiger partial charge in [0.15, 0.2) is 0 Å². The van der Waals surface area contributed by atoms with Crippen LogP contribution >= 0.6 is 0 Å². The Kier molecular flexibility index (Phi) is 5.73. The molecule has 0 aromatic heterocycles. The number of ether oxygens (including phenoxy) is 3. The van der Waals surface area contributed by atoms with E-state index in [0.29, 0.717) is 41.6 Å². The topological polar surface area (TPSA) is 68.3 Å². The molecule has 3 rings (SSSR count). The minimum Gasteiger partial charge on any atom is -0.497 e. The van der Waals surface area contributed by atoms with Gasteiger partial charge in [-0.1, -0.05) is 12.1 Å². The van der Waals surface area contributed by atoms with E-state index in [1.54, 1.807) is 73.4 Å². The number of nitrogens with zero attached hydrogens (tertiary/aromatic N) is 2. The van der Waals surface area contributed by atoms with E-state index in [2.05, 4.69) is 0 Å². The number of methoxy groups -OCH3 is 3. The van der Waals surface area contributed by atoms with Crippen molar-refractivity contribution in [1.82, 2.24) is 4.90 Å². The second-order valence-electron chi connectivity index (χ2n) is 6.40. The van der Waals surface area contributed by atoms with Crippen LogP contribution < -0.4 is 19.1 Å². The standard InChI is InChI=1S/C21H24N2O5/c1-14-20(24)23(17-10-9-15(26-2)13-19(17)28-4)12-11-22(14)21(25)16-7-5-6-8-18(16)27-3/h5-10,13-14H,11-12H2,1-4H3. The van der Waals surface area contributed by atoms with Crippen molar-refractivity contribution in [3.63, 3.8) is 0 Å². The Morgan fingerprint density at radius 2 is 1.68 bits per heavy atom. The van der Waals surface area contributed by atoms with Crippen molar-refractivity contribution in [2.75, 3.05) is 39.3 Å². The molecule has 1 fully saturated rings. The van der Waals surface area contributed by atoms with E-state index < -0.39 is 6.04 Å². The predicted molar refractivity (Wildman–Crippen MR) is 105 cm³/mol. The summed E-state index contributed by atoms with van der Waals surface area (Å²) < 4.78 is 15.9. The van der Waals surface area contributed by atoms with Crippen LogP contribution in [-0.4, -0.2) is 57.2 Å². The van der Waals surface area contributed by atoms with Crippen molar-refractivity contribution < 1.29 is 23.8 Å². The molecule has 1 atom stereocenters. The summed E-state index contributed by atoms with van der Waals surface area (Å²) in [6, 6.07) is 11.7. The second kappa shape index (κ2) is 8.21. The molecule has 0 aliphatic carbocycles. The van der Waals surface area contributed by atoms with Crippen LogP contribution in [0.2, 0.25) is 0 Å². The molecular formula is C21H24N2O5. The minimum atomic E-state index is -0.613. The highest BCUT2D eigenvalue weighted by Crippen LogP contribution is 2.34. The predicted octanol–water partition coefficient (Wildman–Crippen LogP) is 2.59. The maximum Gasteiger partial charge on any atom is 0.258 e. The first-order chi connectivity index (χ1) is 13.5. The Labute approximate surface area is 164 Å². The van der Waals surface area contributed by atoms with Crippen LogP contribution in [0.1, 0.15) is 17.3 Å². The Morgan fingerprint density at radius 1 is 0.964 bits per heavy atom. The summed E-state index contributed by atoms with van der Waals surface area (Å²) >= 11 is 0. The van der Waals surface area contributed by atoms with E-state index in [9.17, 15) is 9.59 Å². The molecule has 28 heavy (non-hydrogen) atoms. The van der Waals surface area contributed by atoms with Gasteiger partial charge in [-0.2, -0.15) is 0 Å². The van der Waals surface area contributed by atoms with Crippen LogP contribution in [0.3, 0.4) is 0 Å². The summed E-state index contributed by atoms with van der Waals surface area (Å²) in [4.78, 5) is 29.3. The summed E-state index contributed by atoms with van der Waals surface area (Å²) in [5, 5.41) is 0. The minimum absolute atomic E-state index is 0.169. The van der Waals surface area contributed by atoms with Gasteiger partial charge in [0, 0.05) is 19.2 Å². The highest BCUT2D eigenvalue weighted by Gasteiger charge is 2.37. The van der Waals surface area contributed by atoms with E-state index in [1.807, 2.05) is 0 Å². The molecule has 0 bridgehead atoms. The second-order valence-corrected chi connectivity index (χ2v) is 6.40. The molecule has 1 unspecified atom stereocenters. The normalized spacial score (nSPS) is 16.7. The van der Waals surface area contributed by atoms with Gasteiger partial charge >= 0.3 is 0 Å². The fourth-order valence-corrected chi connectivity index (χ4v) is 3.37. The van der Waals surface area contributed by atoms with Crippen molar-refractivity contribution in [1.29, 1.82) is 0 Å². The highest BCUT2D eigenvalue weighted by molar-refractivity contribution is 6.05. The van der Waals surface area contributed by atoms with Crippen molar-refractivity contribution >= 4 is 17.5 Å². The summed E-state index contributed by atoms with van der Waals surface area (Å²) in [6.45, 7) is 2.50. The number of amides is 2. The number of carbonyl (C=O) groups is 2. The zero-order valence-electron chi connectivity index (χ0n) is 16.5. The monoisotopic (exact) mass is 384 g/mol. The molecule has 1 saturated heterocycles. The van der Waals surface area contributed by atoms with Gasteiger partial charge < -0.3 is 24.0 Å². The third kappa shape index (κ3) is 3.47. The number of hydrogen-bond donors (Lipinski definition) is 0. The first kappa shape index (κ1) is 19.5. The van der Waals surface area contributed by atoms with E-state index >= 15 is 0 Å². The van der Waals surface area contributed by atoms with Crippen molar-refractivity contribution in [3.8, 4) is 17.2 Å². The SMILES string of the molecule is COc1ccc(N2CCN(C(=O)c3ccccc3OC)C(C)C2=O)c(OC)c1. The molecule has 1 heterocycles. The van der Waals surface area contributed by atoms with Gasteiger partial charge in [0.2, 0.25) is 5.91 Å². The number of carbonyl (C=O) groups excluding carboxylic acids is 2. The van der Waals surface area contributed by atoms with Gasteiger partial charge in [-0.05, 0) is 31.2 Å². The number of benzene rings is 2. The van der Waals surface area contributed by atoms with Gasteiger partial charge in [-0.25, -0.2) is 0 Å². The van der Waals surface area contributed by atoms with E-state index in [0.717, 1.165) is 0 Å². The maximum absolute atomic E-state index is 13.1. The average molecular weight is 384 g/mol. The molecule has 0 N–H and O–H groups in total. The lowest BCUT2D eigenvalue weighted by atomic mass is 10.1. The summed E-state index contributed by atoms with van der Waals surface area (Å²) in [5.41, 5.74) is 1.10. The number of piperazine rings is 1. The fraction of sp³-hybridized carbons (Fsp3) is 0.333. The largest absolute Gasteiger partial charge is 0.497 e. The molecule has 7 heteroatoms. The molecule has 2 amide bonds. The molecule has 2 aromatic carbocycles. The lowest BCUT2D eigenvalue weighted by molar-refractivity contribution is -0.124. The van der Waals surface area contributed by atoms with E-state index in [-0.39, 0.29) is 11.8 Å². The molecule has 0 radical (unpaired) electrons. The maximum atomic E-state index is 13.1. The zero-order chi connectivity index (χ0) is 20.3. The number of anilines is 1. The molecule has 7 nitrogen and oxygen atoms in total. The number of para-hydroxylation sites is 1. The Morgan fingerprint density at radius 3 is 2.36 bits per heavy atom. The van der Waals surface area contributed by atoms with Gasteiger partial charge in [-0.3, -0.25) is 9.59 Å². The van der Waals surface area contributed by atoms with Gasteiger partial charge in [-0.15, -0.1) is 0 Å². The Balaban J connectivity index is 1.85. The highest BCUT2D eigenvalue weighted by atomic mass is 16.5. The van der Waals surface area contributed by atoms with E-state index in [1.165, 1.54) is 7.11 Å². The Bertz CT molecular complexity index is 883. The lowest BCUT2D eigenvalue weighted by Crippen LogP contribution is -2.57. The summed E-state index contributed by atoms with van der Waals surface area (Å²) in [6.07, 6.45) is 0. The first-order valence-electron chi connectivity index (χ1n) is 8.99. The summed E-state index contributed by atoms with van der Waals surface area (Å²) in [7, 11) is 4.64. The Hall–Kier alpha value is -3.22. The third-order valence-electron chi connectivity index (χ3n) is 4.93. The van der Waals surface area contributed by atoms with Crippen LogP contribution in [0.25, 0.3) is 0 Å². The average Bonchev–Trinajstić information content (AvgIpc) is 2.74. The van der Waals surface area contributed by atoms with Crippen LogP contribution in [-0.2, 0) is 4.79 Å². The molecule has 0 spiro atoms. The van der Waals surface area contributed by atoms with Crippen molar-refractivity contribution in [2.24, 2.45) is 0 Å². The number of rotatable bonds is 5. The summed E-state index contributed by atoms with van der Waals surface area (Å²) in [5.74, 6) is 1.29. The number of hydrogen-bond acceptors (Lipinski definition) is 5. The van der Waals surface area contributed by atoms with Gasteiger partial charge in [0.05, 0.1) is 32.6 Å². The molecule has 0 saturated carbocycles. The van der Waals surface area contributed by atoms with Crippen LogP contribution in [0, 0.1) is 0 Å². The van der Waals surface area contributed by atoms with Crippen molar-refractivity contribution in [2.45, 2.75) is 13.0 Å². The zero-order valence-corrected chi connectivity index (χ0v) is 16.5. The fourth-order valence-electron chi connectivity index (χ4n) is 3.37. The van der Waals surface area contributed by atoms with Crippen LogP contribution in [0.5, 0.6) is 17.2 Å². The van der Waals surface area contributed by atoms with Gasteiger partial charge in [0.1, 0.15) is 23.3 Å².